The Morgan fingerprint density at radius 3 is 2.69 bits per heavy atom. The van der Waals surface area contributed by atoms with Gasteiger partial charge in [0.15, 0.2) is 0 Å². The summed E-state index contributed by atoms with van der Waals surface area (Å²) < 4.78 is 45.8. The molecular formula is C16H17FN4O4S. The first-order valence-corrected chi connectivity index (χ1v) is 9.30. The van der Waals surface area contributed by atoms with Crippen LogP contribution >= 0.6 is 0 Å². The molecule has 1 aliphatic heterocycles. The van der Waals surface area contributed by atoms with Crippen molar-refractivity contribution in [1.82, 2.24) is 14.3 Å². The summed E-state index contributed by atoms with van der Waals surface area (Å²) >= 11 is 0. The van der Waals surface area contributed by atoms with Gasteiger partial charge in [-0.2, -0.15) is 4.31 Å². The van der Waals surface area contributed by atoms with Crippen molar-refractivity contribution >= 4 is 21.6 Å². The quantitative estimate of drug-likeness (QED) is 0.855. The van der Waals surface area contributed by atoms with Crippen molar-refractivity contribution in [3.63, 3.8) is 0 Å². The molecule has 1 aromatic carbocycles. The Balaban J connectivity index is 1.86. The highest BCUT2D eigenvalue weighted by molar-refractivity contribution is 7.89. The van der Waals surface area contributed by atoms with E-state index in [1.807, 2.05) is 0 Å². The van der Waals surface area contributed by atoms with Gasteiger partial charge < -0.3 is 10.1 Å². The van der Waals surface area contributed by atoms with E-state index in [1.54, 1.807) is 6.92 Å². The third-order valence-corrected chi connectivity index (χ3v) is 5.70. The molecule has 2 aromatic rings. The van der Waals surface area contributed by atoms with Crippen molar-refractivity contribution < 1.29 is 22.3 Å². The van der Waals surface area contributed by atoms with E-state index >= 15 is 0 Å². The Morgan fingerprint density at radius 1 is 1.27 bits per heavy atom. The van der Waals surface area contributed by atoms with E-state index in [4.69, 9.17) is 4.74 Å². The summed E-state index contributed by atoms with van der Waals surface area (Å²) in [6.45, 7) is 2.45. The van der Waals surface area contributed by atoms with Crippen molar-refractivity contribution in [2.24, 2.45) is 0 Å². The average Bonchev–Trinajstić information content (AvgIpc) is 2.64. The number of rotatable bonds is 4. The van der Waals surface area contributed by atoms with Crippen LogP contribution in [-0.2, 0) is 14.8 Å². The number of ether oxygens (including phenoxy) is 1. The van der Waals surface area contributed by atoms with Gasteiger partial charge in [-0.15, -0.1) is 0 Å². The summed E-state index contributed by atoms with van der Waals surface area (Å²) in [7, 11) is -4.02. The van der Waals surface area contributed by atoms with Crippen LogP contribution in [0.5, 0.6) is 0 Å². The van der Waals surface area contributed by atoms with Gasteiger partial charge in [-0.25, -0.2) is 22.8 Å². The molecule has 0 spiro atoms. The number of amides is 1. The van der Waals surface area contributed by atoms with Gasteiger partial charge in [0.2, 0.25) is 10.0 Å². The average molecular weight is 380 g/mol. The molecule has 1 aliphatic rings. The Hall–Kier alpha value is -2.43. The van der Waals surface area contributed by atoms with Crippen LogP contribution in [0.4, 0.5) is 10.1 Å². The number of carbonyl (C=O) groups is 1. The highest BCUT2D eigenvalue weighted by Crippen LogP contribution is 2.24. The second kappa shape index (κ2) is 7.44. The van der Waals surface area contributed by atoms with E-state index in [0.717, 1.165) is 16.4 Å². The topological polar surface area (TPSA) is 101 Å². The zero-order valence-corrected chi connectivity index (χ0v) is 14.8. The molecule has 1 amide bonds. The van der Waals surface area contributed by atoms with Gasteiger partial charge in [0, 0.05) is 25.0 Å². The van der Waals surface area contributed by atoms with Gasteiger partial charge in [0.25, 0.3) is 5.91 Å². The van der Waals surface area contributed by atoms with Crippen LogP contribution in [0.3, 0.4) is 0 Å². The van der Waals surface area contributed by atoms with E-state index in [9.17, 15) is 17.6 Å². The number of aryl methyl sites for hydroxylation is 1. The van der Waals surface area contributed by atoms with Gasteiger partial charge in [0.1, 0.15) is 22.2 Å². The van der Waals surface area contributed by atoms with Crippen molar-refractivity contribution in [3.05, 3.63) is 47.8 Å². The second-order valence-electron chi connectivity index (χ2n) is 5.60. The van der Waals surface area contributed by atoms with Crippen LogP contribution in [-0.4, -0.2) is 54.9 Å². The third kappa shape index (κ3) is 3.87. The number of aromatic nitrogens is 2. The van der Waals surface area contributed by atoms with Gasteiger partial charge in [-0.3, -0.25) is 4.79 Å². The summed E-state index contributed by atoms with van der Waals surface area (Å²) in [4.78, 5) is 19.6. The predicted molar refractivity (Wildman–Crippen MR) is 90.7 cm³/mol. The lowest BCUT2D eigenvalue weighted by Crippen LogP contribution is -2.40. The fourth-order valence-corrected chi connectivity index (χ4v) is 3.98. The van der Waals surface area contributed by atoms with Crippen molar-refractivity contribution in [1.29, 1.82) is 0 Å². The molecule has 3 rings (SSSR count). The summed E-state index contributed by atoms with van der Waals surface area (Å²) in [5.74, 6) is -1.00. The van der Waals surface area contributed by atoms with E-state index < -0.39 is 26.6 Å². The lowest BCUT2D eigenvalue weighted by atomic mass is 10.3. The second-order valence-corrected chi connectivity index (χ2v) is 7.51. The molecule has 0 saturated carbocycles. The Bertz CT molecular complexity index is 930. The molecule has 0 unspecified atom stereocenters. The minimum Gasteiger partial charge on any atom is -0.379 e. The summed E-state index contributed by atoms with van der Waals surface area (Å²) in [5, 5.41) is 2.52. The molecule has 8 nitrogen and oxygen atoms in total. The number of anilines is 1. The molecule has 0 atom stereocenters. The molecule has 138 valence electrons. The number of carbonyl (C=O) groups excluding carboxylic acids is 1. The lowest BCUT2D eigenvalue weighted by molar-refractivity contribution is 0.0729. The van der Waals surface area contributed by atoms with Crippen LogP contribution in [0.15, 0.2) is 35.4 Å². The maximum atomic E-state index is 14.2. The molecule has 1 aromatic heterocycles. The number of hydrogen-bond acceptors (Lipinski definition) is 6. The van der Waals surface area contributed by atoms with Gasteiger partial charge in [0.05, 0.1) is 13.2 Å². The molecule has 1 saturated heterocycles. The normalized spacial score (nSPS) is 15.6. The molecule has 0 bridgehead atoms. The smallest absolute Gasteiger partial charge is 0.274 e. The Kier molecular flexibility index (Phi) is 5.25. The van der Waals surface area contributed by atoms with Crippen molar-refractivity contribution in [2.75, 3.05) is 31.6 Å². The number of nitrogens with zero attached hydrogens (tertiary/aromatic N) is 3. The third-order valence-electron chi connectivity index (χ3n) is 3.79. The first-order chi connectivity index (χ1) is 12.4. The summed E-state index contributed by atoms with van der Waals surface area (Å²) in [5.41, 5.74) is 0.277. The number of halogens is 1. The molecule has 10 heteroatoms. The first-order valence-electron chi connectivity index (χ1n) is 7.86. The van der Waals surface area contributed by atoms with Crippen LogP contribution in [0.2, 0.25) is 0 Å². The number of nitrogens with one attached hydrogen (secondary N) is 1. The molecule has 0 aliphatic carbocycles. The number of morpholine rings is 1. The van der Waals surface area contributed by atoms with E-state index in [-0.39, 0.29) is 37.7 Å². The zero-order chi connectivity index (χ0) is 18.7. The fourth-order valence-electron chi connectivity index (χ4n) is 2.48. The van der Waals surface area contributed by atoms with Crippen molar-refractivity contribution in [3.8, 4) is 0 Å². The number of hydrogen-bond donors (Lipinski definition) is 1. The standard InChI is InChI=1S/C16H17FN4O4S/c1-11-18-5-4-14(19-11)16(22)20-12-2-3-13(17)15(10-12)26(23,24)21-6-8-25-9-7-21/h2-5,10H,6-9H2,1H3,(H,20,22). The highest BCUT2D eigenvalue weighted by Gasteiger charge is 2.29. The van der Waals surface area contributed by atoms with Crippen LogP contribution in [0.25, 0.3) is 0 Å². The SMILES string of the molecule is Cc1nccc(C(=O)Nc2ccc(F)c(S(=O)(=O)N3CCOCC3)c2)n1. The van der Waals surface area contributed by atoms with Gasteiger partial charge in [-0.1, -0.05) is 0 Å². The minimum absolute atomic E-state index is 0.124. The molecule has 0 radical (unpaired) electrons. The van der Waals surface area contributed by atoms with E-state index in [1.165, 1.54) is 18.3 Å². The maximum Gasteiger partial charge on any atom is 0.274 e. The monoisotopic (exact) mass is 380 g/mol. The molecule has 1 N–H and O–H groups in total. The summed E-state index contributed by atoms with van der Waals surface area (Å²) in [6.07, 6.45) is 1.44. The summed E-state index contributed by atoms with van der Waals surface area (Å²) in [6, 6.07) is 4.83. The fraction of sp³-hybridized carbons (Fsp3) is 0.312. The predicted octanol–water partition coefficient (Wildman–Crippen LogP) is 1.20. The van der Waals surface area contributed by atoms with Crippen LogP contribution < -0.4 is 5.32 Å². The lowest BCUT2D eigenvalue weighted by Gasteiger charge is -2.26. The van der Waals surface area contributed by atoms with E-state index in [2.05, 4.69) is 15.3 Å². The number of sulfonamides is 1. The molecule has 2 heterocycles. The molecular weight excluding hydrogens is 363 g/mol. The first kappa shape index (κ1) is 18.4. The minimum atomic E-state index is -4.02. The van der Waals surface area contributed by atoms with E-state index in [0.29, 0.717) is 5.82 Å². The van der Waals surface area contributed by atoms with Crippen molar-refractivity contribution in [2.45, 2.75) is 11.8 Å². The Morgan fingerprint density at radius 2 is 2.00 bits per heavy atom. The van der Waals surface area contributed by atoms with Crippen LogP contribution in [0, 0.1) is 12.7 Å². The van der Waals surface area contributed by atoms with Gasteiger partial charge in [-0.05, 0) is 31.2 Å². The van der Waals surface area contributed by atoms with Gasteiger partial charge >= 0.3 is 0 Å². The molecule has 26 heavy (non-hydrogen) atoms. The largest absolute Gasteiger partial charge is 0.379 e. The number of benzene rings is 1. The Labute approximate surface area is 150 Å². The molecule has 1 fully saturated rings. The highest BCUT2D eigenvalue weighted by atomic mass is 32.2. The maximum absolute atomic E-state index is 14.2. The van der Waals surface area contributed by atoms with Crippen LogP contribution in [0.1, 0.15) is 16.3 Å². The zero-order valence-electron chi connectivity index (χ0n) is 14.0.